The van der Waals surface area contributed by atoms with Gasteiger partial charge in [0.2, 0.25) is 0 Å². The number of rotatable bonds is 3. The molecule has 1 aliphatic rings. The van der Waals surface area contributed by atoms with Crippen LogP contribution in [0, 0.1) is 11.7 Å². The zero-order valence-corrected chi connectivity index (χ0v) is 11.8. The average molecular weight is 266 g/mol. The minimum absolute atomic E-state index is 0.229. The van der Waals surface area contributed by atoms with Crippen molar-refractivity contribution in [2.24, 2.45) is 5.92 Å². The Hall–Kier alpha value is -1.09. The molecule has 2 atom stereocenters. The fourth-order valence-corrected chi connectivity index (χ4v) is 3.05. The third-order valence-electron chi connectivity index (χ3n) is 4.44. The molecule has 1 aromatic carbocycles. The normalized spacial score (nSPS) is 27.9. The highest BCUT2D eigenvalue weighted by atomic mass is 19.1. The molecule has 0 heterocycles. The van der Waals surface area contributed by atoms with E-state index in [1.54, 1.807) is 12.1 Å². The molecule has 0 spiro atoms. The first-order valence-electron chi connectivity index (χ1n) is 7.15. The minimum atomic E-state index is -0.878. The average Bonchev–Trinajstić information content (AvgIpc) is 2.61. The number of methoxy groups -OCH3 is 1. The molecule has 0 bridgehead atoms. The Morgan fingerprint density at radius 1 is 1.37 bits per heavy atom. The molecule has 1 fully saturated rings. The lowest BCUT2D eigenvalue weighted by atomic mass is 9.86. The van der Waals surface area contributed by atoms with Gasteiger partial charge in [-0.1, -0.05) is 25.8 Å². The Morgan fingerprint density at radius 2 is 2.16 bits per heavy atom. The van der Waals surface area contributed by atoms with Gasteiger partial charge in [0.25, 0.3) is 0 Å². The molecule has 3 heteroatoms. The number of aliphatic hydroxyl groups is 1. The van der Waals surface area contributed by atoms with Crippen molar-refractivity contribution in [1.29, 1.82) is 0 Å². The van der Waals surface area contributed by atoms with Crippen LogP contribution in [0.2, 0.25) is 0 Å². The van der Waals surface area contributed by atoms with Crippen LogP contribution in [0.3, 0.4) is 0 Å². The number of ether oxygens (including phenoxy) is 1. The smallest absolute Gasteiger partial charge is 0.165 e. The Balaban J connectivity index is 2.21. The van der Waals surface area contributed by atoms with E-state index in [1.165, 1.54) is 13.2 Å². The second-order valence-electron chi connectivity index (χ2n) is 5.59. The summed E-state index contributed by atoms with van der Waals surface area (Å²) in [5, 5.41) is 10.8. The third-order valence-corrected chi connectivity index (χ3v) is 4.44. The zero-order valence-electron chi connectivity index (χ0n) is 11.8. The summed E-state index contributed by atoms with van der Waals surface area (Å²) in [6.07, 6.45) is 5.78. The van der Waals surface area contributed by atoms with Crippen molar-refractivity contribution in [3.8, 4) is 5.75 Å². The molecule has 0 saturated heterocycles. The van der Waals surface area contributed by atoms with E-state index in [1.807, 2.05) is 0 Å². The highest BCUT2D eigenvalue weighted by Crippen LogP contribution is 2.39. The van der Waals surface area contributed by atoms with E-state index < -0.39 is 11.4 Å². The second kappa shape index (κ2) is 5.91. The van der Waals surface area contributed by atoms with Gasteiger partial charge in [0.1, 0.15) is 0 Å². The molecule has 0 aliphatic heterocycles. The van der Waals surface area contributed by atoms with Gasteiger partial charge in [-0.15, -0.1) is 0 Å². The molecule has 1 saturated carbocycles. The first-order chi connectivity index (χ1) is 9.09. The van der Waals surface area contributed by atoms with Gasteiger partial charge in [0.15, 0.2) is 11.6 Å². The molecule has 0 aromatic heterocycles. The number of hydrogen-bond donors (Lipinski definition) is 1. The molecule has 1 aliphatic carbocycles. The van der Waals surface area contributed by atoms with Crippen LogP contribution < -0.4 is 4.74 Å². The van der Waals surface area contributed by atoms with Crippen LogP contribution >= 0.6 is 0 Å². The van der Waals surface area contributed by atoms with Gasteiger partial charge in [0.05, 0.1) is 12.7 Å². The fourth-order valence-electron chi connectivity index (χ4n) is 3.05. The van der Waals surface area contributed by atoms with Crippen molar-refractivity contribution in [1.82, 2.24) is 0 Å². The molecule has 2 unspecified atom stereocenters. The van der Waals surface area contributed by atoms with E-state index >= 15 is 0 Å². The van der Waals surface area contributed by atoms with E-state index in [-0.39, 0.29) is 5.75 Å². The van der Waals surface area contributed by atoms with Crippen LogP contribution in [0.1, 0.15) is 51.0 Å². The summed E-state index contributed by atoms with van der Waals surface area (Å²) in [5.74, 6) is 0.522. The molecule has 1 aromatic rings. The van der Waals surface area contributed by atoms with E-state index in [9.17, 15) is 9.50 Å². The highest BCUT2D eigenvalue weighted by molar-refractivity contribution is 5.32. The van der Waals surface area contributed by atoms with Crippen LogP contribution in [0.25, 0.3) is 0 Å². The molecule has 0 radical (unpaired) electrons. The predicted molar refractivity (Wildman–Crippen MR) is 73.7 cm³/mol. The van der Waals surface area contributed by atoms with E-state index in [2.05, 4.69) is 6.92 Å². The second-order valence-corrected chi connectivity index (χ2v) is 5.59. The monoisotopic (exact) mass is 266 g/mol. The molecule has 106 valence electrons. The van der Waals surface area contributed by atoms with E-state index in [4.69, 9.17) is 4.74 Å². The Labute approximate surface area is 114 Å². The van der Waals surface area contributed by atoms with Crippen LogP contribution in [0.4, 0.5) is 4.39 Å². The van der Waals surface area contributed by atoms with Crippen molar-refractivity contribution >= 4 is 0 Å². The Bertz CT molecular complexity index is 433. The van der Waals surface area contributed by atoms with Gasteiger partial charge in [-0.2, -0.15) is 0 Å². The third kappa shape index (κ3) is 3.08. The van der Waals surface area contributed by atoms with Crippen molar-refractivity contribution < 1.29 is 14.2 Å². The summed E-state index contributed by atoms with van der Waals surface area (Å²) in [5.41, 5.74) is -0.195. The van der Waals surface area contributed by atoms with Crippen LogP contribution in [-0.2, 0) is 5.60 Å². The van der Waals surface area contributed by atoms with Crippen molar-refractivity contribution in [3.63, 3.8) is 0 Å². The lowest BCUT2D eigenvalue weighted by Crippen LogP contribution is -2.25. The summed E-state index contributed by atoms with van der Waals surface area (Å²) >= 11 is 0. The lowest BCUT2D eigenvalue weighted by Gasteiger charge is -2.27. The molecular weight excluding hydrogens is 243 g/mol. The number of halogens is 1. The SMILES string of the molecule is CCC1CCCC(O)(c2ccc(OC)c(F)c2)CC1. The van der Waals surface area contributed by atoms with E-state index in [0.717, 1.165) is 38.5 Å². The Morgan fingerprint density at radius 3 is 2.79 bits per heavy atom. The van der Waals surface area contributed by atoms with Crippen LogP contribution in [0.15, 0.2) is 18.2 Å². The Kier molecular flexibility index (Phi) is 4.46. The molecule has 19 heavy (non-hydrogen) atoms. The maximum absolute atomic E-state index is 13.8. The first kappa shape index (κ1) is 14.3. The quantitative estimate of drug-likeness (QED) is 0.837. The maximum atomic E-state index is 13.8. The van der Waals surface area contributed by atoms with Gasteiger partial charge >= 0.3 is 0 Å². The van der Waals surface area contributed by atoms with Crippen molar-refractivity contribution in [3.05, 3.63) is 29.6 Å². The summed E-state index contributed by atoms with van der Waals surface area (Å²) in [7, 11) is 1.45. The van der Waals surface area contributed by atoms with Gasteiger partial charge in [-0.05, 0) is 49.3 Å². The number of benzene rings is 1. The lowest BCUT2D eigenvalue weighted by molar-refractivity contribution is 0.0192. The summed E-state index contributed by atoms with van der Waals surface area (Å²) in [6, 6.07) is 4.81. The largest absolute Gasteiger partial charge is 0.494 e. The fraction of sp³-hybridized carbons (Fsp3) is 0.625. The summed E-state index contributed by atoms with van der Waals surface area (Å²) < 4.78 is 18.7. The number of hydrogen-bond acceptors (Lipinski definition) is 2. The summed E-state index contributed by atoms with van der Waals surface area (Å²) in [4.78, 5) is 0. The zero-order chi connectivity index (χ0) is 13.9. The van der Waals surface area contributed by atoms with Gasteiger partial charge in [-0.25, -0.2) is 4.39 Å². The topological polar surface area (TPSA) is 29.5 Å². The van der Waals surface area contributed by atoms with Gasteiger partial charge in [-0.3, -0.25) is 0 Å². The molecule has 0 amide bonds. The van der Waals surface area contributed by atoms with Crippen molar-refractivity contribution in [2.75, 3.05) is 7.11 Å². The van der Waals surface area contributed by atoms with Crippen LogP contribution in [-0.4, -0.2) is 12.2 Å². The van der Waals surface area contributed by atoms with Crippen molar-refractivity contribution in [2.45, 2.75) is 51.0 Å². The summed E-state index contributed by atoms with van der Waals surface area (Å²) in [6.45, 7) is 2.20. The van der Waals surface area contributed by atoms with Gasteiger partial charge < -0.3 is 9.84 Å². The van der Waals surface area contributed by atoms with Gasteiger partial charge in [0, 0.05) is 0 Å². The molecular formula is C16H23FO2. The van der Waals surface area contributed by atoms with E-state index in [0.29, 0.717) is 11.5 Å². The standard InChI is InChI=1S/C16H23FO2/c1-3-12-5-4-9-16(18,10-8-12)13-6-7-15(19-2)14(17)11-13/h6-7,11-12,18H,3-5,8-10H2,1-2H3. The molecule has 2 nitrogen and oxygen atoms in total. The highest BCUT2D eigenvalue weighted by Gasteiger charge is 2.32. The minimum Gasteiger partial charge on any atom is -0.494 e. The van der Waals surface area contributed by atoms with Crippen LogP contribution in [0.5, 0.6) is 5.75 Å². The maximum Gasteiger partial charge on any atom is 0.165 e. The predicted octanol–water partition coefficient (Wildman–Crippen LogP) is 4.01. The molecule has 2 rings (SSSR count). The first-order valence-corrected chi connectivity index (χ1v) is 7.15. The molecule has 1 N–H and O–H groups in total.